The van der Waals surface area contributed by atoms with Gasteiger partial charge >= 0.3 is 0 Å². The third-order valence-electron chi connectivity index (χ3n) is 3.84. The summed E-state index contributed by atoms with van der Waals surface area (Å²) in [6.07, 6.45) is 0. The number of furan rings is 1. The maximum atomic E-state index is 12.1. The van der Waals surface area contributed by atoms with E-state index in [2.05, 4.69) is 10.6 Å². The van der Waals surface area contributed by atoms with Crippen LogP contribution in [0.3, 0.4) is 0 Å². The van der Waals surface area contributed by atoms with Crippen molar-refractivity contribution >= 4 is 5.91 Å². The molecule has 4 heteroatoms. The zero-order chi connectivity index (χ0) is 13.3. The van der Waals surface area contributed by atoms with Crippen LogP contribution in [-0.2, 0) is 4.79 Å². The summed E-state index contributed by atoms with van der Waals surface area (Å²) >= 11 is 0. The Morgan fingerprint density at radius 2 is 2.11 bits per heavy atom. The third kappa shape index (κ3) is 2.58. The van der Waals surface area contributed by atoms with E-state index in [1.807, 2.05) is 33.8 Å². The Morgan fingerprint density at radius 1 is 1.44 bits per heavy atom. The molecule has 0 aliphatic carbocycles. The number of rotatable bonds is 4. The molecule has 0 saturated carbocycles. The monoisotopic (exact) mass is 250 g/mol. The highest BCUT2D eigenvalue weighted by molar-refractivity contribution is 5.79. The van der Waals surface area contributed by atoms with Gasteiger partial charge in [-0.05, 0) is 45.8 Å². The molecule has 0 bridgehead atoms. The van der Waals surface area contributed by atoms with Crippen LogP contribution in [0.15, 0.2) is 10.5 Å². The van der Waals surface area contributed by atoms with E-state index in [1.165, 1.54) is 0 Å². The second-order valence-electron chi connectivity index (χ2n) is 5.31. The SMILES string of the molecule is Cc1cc(C(C)NC(=O)C(C)C2CNC2)c(C)o1. The summed E-state index contributed by atoms with van der Waals surface area (Å²) in [4.78, 5) is 12.1. The molecule has 1 aliphatic rings. The van der Waals surface area contributed by atoms with Crippen molar-refractivity contribution in [3.63, 3.8) is 0 Å². The third-order valence-corrected chi connectivity index (χ3v) is 3.84. The fourth-order valence-corrected chi connectivity index (χ4v) is 2.38. The first-order chi connectivity index (χ1) is 8.49. The molecular weight excluding hydrogens is 228 g/mol. The molecule has 1 saturated heterocycles. The lowest BCUT2D eigenvalue weighted by molar-refractivity contribution is -0.127. The number of hydrogen-bond acceptors (Lipinski definition) is 3. The average molecular weight is 250 g/mol. The molecule has 100 valence electrons. The number of carbonyl (C=O) groups excluding carboxylic acids is 1. The zero-order valence-corrected chi connectivity index (χ0v) is 11.5. The molecule has 1 aromatic heterocycles. The molecule has 0 spiro atoms. The number of aryl methyl sites for hydroxylation is 2. The second-order valence-corrected chi connectivity index (χ2v) is 5.31. The molecule has 4 nitrogen and oxygen atoms in total. The fourth-order valence-electron chi connectivity index (χ4n) is 2.38. The van der Waals surface area contributed by atoms with Gasteiger partial charge in [-0.15, -0.1) is 0 Å². The summed E-state index contributed by atoms with van der Waals surface area (Å²) in [5.74, 6) is 2.46. The van der Waals surface area contributed by atoms with Gasteiger partial charge in [-0.1, -0.05) is 6.92 Å². The molecule has 2 unspecified atom stereocenters. The molecule has 18 heavy (non-hydrogen) atoms. The van der Waals surface area contributed by atoms with Crippen LogP contribution in [-0.4, -0.2) is 19.0 Å². The summed E-state index contributed by atoms with van der Waals surface area (Å²) in [5, 5.41) is 6.27. The lowest BCUT2D eigenvalue weighted by atomic mass is 9.88. The lowest BCUT2D eigenvalue weighted by Crippen LogP contribution is -2.49. The normalized spacial score (nSPS) is 19.1. The van der Waals surface area contributed by atoms with Crippen LogP contribution in [0.5, 0.6) is 0 Å². The van der Waals surface area contributed by atoms with E-state index >= 15 is 0 Å². The quantitative estimate of drug-likeness (QED) is 0.858. The van der Waals surface area contributed by atoms with E-state index in [0.717, 1.165) is 30.2 Å². The van der Waals surface area contributed by atoms with Crippen LogP contribution in [0.2, 0.25) is 0 Å². The van der Waals surface area contributed by atoms with E-state index in [-0.39, 0.29) is 17.9 Å². The molecule has 0 radical (unpaired) electrons. The van der Waals surface area contributed by atoms with Crippen molar-refractivity contribution in [3.8, 4) is 0 Å². The van der Waals surface area contributed by atoms with Gasteiger partial charge in [-0.2, -0.15) is 0 Å². The molecule has 2 heterocycles. The van der Waals surface area contributed by atoms with Crippen LogP contribution >= 0.6 is 0 Å². The number of hydrogen-bond donors (Lipinski definition) is 2. The van der Waals surface area contributed by atoms with Crippen molar-refractivity contribution in [1.29, 1.82) is 0 Å². The molecule has 2 rings (SSSR count). The topological polar surface area (TPSA) is 54.3 Å². The molecule has 1 aliphatic heterocycles. The maximum Gasteiger partial charge on any atom is 0.223 e. The summed E-state index contributed by atoms with van der Waals surface area (Å²) in [6.45, 7) is 9.76. The summed E-state index contributed by atoms with van der Waals surface area (Å²) < 4.78 is 5.50. The van der Waals surface area contributed by atoms with Crippen molar-refractivity contribution in [1.82, 2.24) is 10.6 Å². The van der Waals surface area contributed by atoms with E-state index in [4.69, 9.17) is 4.42 Å². The van der Waals surface area contributed by atoms with Crippen molar-refractivity contribution < 1.29 is 9.21 Å². The van der Waals surface area contributed by atoms with Gasteiger partial charge in [0.2, 0.25) is 5.91 Å². The first-order valence-electron chi connectivity index (χ1n) is 6.57. The van der Waals surface area contributed by atoms with Crippen LogP contribution < -0.4 is 10.6 Å². The van der Waals surface area contributed by atoms with E-state index in [1.54, 1.807) is 0 Å². The van der Waals surface area contributed by atoms with E-state index < -0.39 is 0 Å². The van der Waals surface area contributed by atoms with E-state index in [0.29, 0.717) is 5.92 Å². The van der Waals surface area contributed by atoms with Crippen LogP contribution in [0.25, 0.3) is 0 Å². The molecule has 2 atom stereocenters. The van der Waals surface area contributed by atoms with Crippen molar-refractivity contribution in [3.05, 3.63) is 23.2 Å². The molecule has 0 aromatic carbocycles. The van der Waals surface area contributed by atoms with Gasteiger partial charge in [0.05, 0.1) is 6.04 Å². The smallest absolute Gasteiger partial charge is 0.223 e. The highest BCUT2D eigenvalue weighted by Gasteiger charge is 2.29. The Kier molecular flexibility index (Phi) is 3.76. The minimum atomic E-state index is 0.00503. The minimum Gasteiger partial charge on any atom is -0.466 e. The Labute approximate surface area is 108 Å². The Balaban J connectivity index is 1.96. The first-order valence-corrected chi connectivity index (χ1v) is 6.57. The maximum absolute atomic E-state index is 12.1. The molecular formula is C14H22N2O2. The Hall–Kier alpha value is -1.29. The van der Waals surface area contributed by atoms with Crippen LogP contribution in [0, 0.1) is 25.7 Å². The Bertz CT molecular complexity index is 435. The van der Waals surface area contributed by atoms with Crippen LogP contribution in [0.4, 0.5) is 0 Å². The van der Waals surface area contributed by atoms with Gasteiger partial charge in [-0.3, -0.25) is 4.79 Å². The predicted molar refractivity (Wildman–Crippen MR) is 70.3 cm³/mol. The van der Waals surface area contributed by atoms with Gasteiger partial charge in [-0.25, -0.2) is 0 Å². The summed E-state index contributed by atoms with van der Waals surface area (Å²) in [5.41, 5.74) is 1.07. The molecule has 1 fully saturated rings. The van der Waals surface area contributed by atoms with Gasteiger partial charge < -0.3 is 15.1 Å². The summed E-state index contributed by atoms with van der Waals surface area (Å²) in [6, 6.07) is 2.00. The predicted octanol–water partition coefficient (Wildman–Crippen LogP) is 1.93. The Morgan fingerprint density at radius 3 is 2.56 bits per heavy atom. The van der Waals surface area contributed by atoms with Crippen molar-refractivity contribution in [2.75, 3.05) is 13.1 Å². The van der Waals surface area contributed by atoms with Gasteiger partial charge in [0.25, 0.3) is 0 Å². The van der Waals surface area contributed by atoms with Crippen molar-refractivity contribution in [2.45, 2.75) is 33.7 Å². The van der Waals surface area contributed by atoms with Gasteiger partial charge in [0.1, 0.15) is 11.5 Å². The van der Waals surface area contributed by atoms with Gasteiger partial charge in [0.15, 0.2) is 0 Å². The largest absolute Gasteiger partial charge is 0.466 e. The van der Waals surface area contributed by atoms with Crippen LogP contribution in [0.1, 0.15) is 37.0 Å². The molecule has 2 N–H and O–H groups in total. The standard InChI is InChI=1S/C14H22N2O2/c1-8-5-13(11(4)18-8)10(3)16-14(17)9(2)12-6-15-7-12/h5,9-10,12,15H,6-7H2,1-4H3,(H,16,17). The number of amides is 1. The average Bonchev–Trinajstić information content (AvgIpc) is 2.55. The lowest BCUT2D eigenvalue weighted by Gasteiger charge is -2.32. The highest BCUT2D eigenvalue weighted by Crippen LogP contribution is 2.23. The first kappa shape index (κ1) is 13.1. The highest BCUT2D eigenvalue weighted by atomic mass is 16.3. The molecule has 1 amide bonds. The van der Waals surface area contributed by atoms with E-state index in [9.17, 15) is 4.79 Å². The number of carbonyl (C=O) groups is 1. The fraction of sp³-hybridized carbons (Fsp3) is 0.643. The second kappa shape index (κ2) is 5.14. The number of nitrogens with one attached hydrogen (secondary N) is 2. The zero-order valence-electron chi connectivity index (χ0n) is 11.5. The van der Waals surface area contributed by atoms with Crippen molar-refractivity contribution in [2.24, 2.45) is 11.8 Å². The minimum absolute atomic E-state index is 0.00503. The van der Waals surface area contributed by atoms with Gasteiger partial charge in [0, 0.05) is 11.5 Å². The summed E-state index contributed by atoms with van der Waals surface area (Å²) in [7, 11) is 0. The molecule has 1 aromatic rings.